The van der Waals surface area contributed by atoms with Crippen LogP contribution in [-0.4, -0.2) is 11.1 Å². The van der Waals surface area contributed by atoms with Crippen molar-refractivity contribution in [2.75, 3.05) is 0 Å². The van der Waals surface area contributed by atoms with Gasteiger partial charge in [-0.2, -0.15) is 0 Å². The van der Waals surface area contributed by atoms with Crippen LogP contribution >= 0.6 is 0 Å². The first-order chi connectivity index (χ1) is 6.77. The Morgan fingerprint density at radius 2 is 1.50 bits per heavy atom. The molecule has 0 spiro atoms. The summed E-state index contributed by atoms with van der Waals surface area (Å²) in [5, 5.41) is 8.21. The smallest absolute Gasteiger partial charge is 0.303 e. The summed E-state index contributed by atoms with van der Waals surface area (Å²) in [6.45, 7) is 2.11. The Bertz CT molecular complexity index is 121. The molecule has 0 unspecified atom stereocenters. The fourth-order valence-corrected chi connectivity index (χ4v) is 1.59. The molecule has 0 aromatic rings. The monoisotopic (exact) mass is 200 g/mol. The van der Waals surface area contributed by atoms with E-state index in [4.69, 9.17) is 5.11 Å². The van der Waals surface area contributed by atoms with Gasteiger partial charge in [0.1, 0.15) is 0 Å². The van der Waals surface area contributed by atoms with Crippen LogP contribution in [0, 0.1) is 0 Å². The number of carboxylic acid groups (broad SMARTS) is 1. The number of unbranched alkanes of at least 4 members (excludes halogenated alkanes) is 3. The highest BCUT2D eigenvalue weighted by Crippen LogP contribution is 2.15. The van der Waals surface area contributed by atoms with E-state index in [1.165, 1.54) is 38.5 Å². The van der Waals surface area contributed by atoms with E-state index in [1.54, 1.807) is 0 Å². The summed E-state index contributed by atoms with van der Waals surface area (Å²) in [6, 6.07) is 0. The Morgan fingerprint density at radius 1 is 1.00 bits per heavy atom. The molecule has 1 aliphatic carbocycles. The third-order valence-corrected chi connectivity index (χ3v) is 2.49. The molecule has 0 radical (unpaired) electrons. The van der Waals surface area contributed by atoms with E-state index < -0.39 is 5.97 Å². The molecule has 84 valence electrons. The van der Waals surface area contributed by atoms with Crippen molar-refractivity contribution in [3.63, 3.8) is 0 Å². The Morgan fingerprint density at radius 3 is 1.86 bits per heavy atom. The zero-order valence-corrected chi connectivity index (χ0v) is 9.43. The third-order valence-electron chi connectivity index (χ3n) is 2.49. The van der Waals surface area contributed by atoms with Crippen LogP contribution < -0.4 is 0 Å². The fraction of sp³-hybridized carbons (Fsp3) is 0.917. The maximum absolute atomic E-state index is 9.96. The molecule has 0 aromatic carbocycles. The van der Waals surface area contributed by atoms with Crippen LogP contribution in [0.5, 0.6) is 0 Å². The summed E-state index contributed by atoms with van der Waals surface area (Å²) < 4.78 is 0. The summed E-state index contributed by atoms with van der Waals surface area (Å²) in [4.78, 5) is 9.96. The SMILES string of the molecule is C1CCCC1.CCCCCCC(=O)O. The lowest BCUT2D eigenvalue weighted by atomic mass is 10.2. The molecule has 1 N–H and O–H groups in total. The quantitative estimate of drug-likeness (QED) is 0.681. The van der Waals surface area contributed by atoms with E-state index in [0.717, 1.165) is 19.3 Å². The standard InChI is InChI=1S/C7H14O2.C5H10/c1-2-3-4-5-6-7(8)9;1-2-4-5-3-1/h2-6H2,1H3,(H,8,9);1-5H2. The van der Waals surface area contributed by atoms with Gasteiger partial charge in [0, 0.05) is 6.42 Å². The number of carbonyl (C=O) groups is 1. The van der Waals surface area contributed by atoms with Crippen molar-refractivity contribution in [1.82, 2.24) is 0 Å². The molecule has 1 aliphatic rings. The molecule has 2 nitrogen and oxygen atoms in total. The van der Waals surface area contributed by atoms with Gasteiger partial charge in [-0.3, -0.25) is 4.79 Å². The minimum atomic E-state index is -0.675. The van der Waals surface area contributed by atoms with Crippen LogP contribution in [0.4, 0.5) is 0 Å². The van der Waals surface area contributed by atoms with E-state index >= 15 is 0 Å². The van der Waals surface area contributed by atoms with E-state index in [9.17, 15) is 4.79 Å². The topological polar surface area (TPSA) is 37.3 Å². The summed E-state index contributed by atoms with van der Waals surface area (Å²) in [7, 11) is 0. The van der Waals surface area contributed by atoms with Gasteiger partial charge in [0.15, 0.2) is 0 Å². The Kier molecular flexibility index (Phi) is 10.2. The Balaban J connectivity index is 0.000000280. The summed E-state index contributed by atoms with van der Waals surface area (Å²) >= 11 is 0. The van der Waals surface area contributed by atoms with Gasteiger partial charge >= 0.3 is 5.97 Å². The normalized spacial score (nSPS) is 14.6. The van der Waals surface area contributed by atoms with Crippen molar-refractivity contribution < 1.29 is 9.90 Å². The first-order valence-electron chi connectivity index (χ1n) is 5.99. The molecule has 0 saturated heterocycles. The molecule has 0 atom stereocenters. The molecule has 1 fully saturated rings. The van der Waals surface area contributed by atoms with Gasteiger partial charge in [-0.15, -0.1) is 0 Å². The summed E-state index contributed by atoms with van der Waals surface area (Å²) in [6.07, 6.45) is 12.1. The van der Waals surface area contributed by atoms with E-state index in [0.29, 0.717) is 6.42 Å². The molecular formula is C12H24O2. The van der Waals surface area contributed by atoms with Gasteiger partial charge in [-0.1, -0.05) is 58.3 Å². The van der Waals surface area contributed by atoms with Gasteiger partial charge in [-0.05, 0) is 6.42 Å². The molecule has 0 amide bonds. The minimum Gasteiger partial charge on any atom is -0.481 e. The highest BCUT2D eigenvalue weighted by atomic mass is 16.4. The average Bonchev–Trinajstić information content (AvgIpc) is 2.70. The molecule has 0 aromatic heterocycles. The fourth-order valence-electron chi connectivity index (χ4n) is 1.59. The highest BCUT2D eigenvalue weighted by Gasteiger charge is 1.95. The molecule has 1 rings (SSSR count). The predicted octanol–water partition coefficient (Wildman–Crippen LogP) is 3.99. The van der Waals surface area contributed by atoms with Crippen molar-refractivity contribution in [1.29, 1.82) is 0 Å². The van der Waals surface area contributed by atoms with E-state index in [-0.39, 0.29) is 0 Å². The lowest BCUT2D eigenvalue weighted by Crippen LogP contribution is -1.92. The number of hydrogen-bond donors (Lipinski definition) is 1. The van der Waals surface area contributed by atoms with Crippen LogP contribution in [0.15, 0.2) is 0 Å². The van der Waals surface area contributed by atoms with Gasteiger partial charge < -0.3 is 5.11 Å². The van der Waals surface area contributed by atoms with Crippen LogP contribution in [-0.2, 0) is 4.79 Å². The molecule has 0 aliphatic heterocycles. The molecule has 14 heavy (non-hydrogen) atoms. The highest BCUT2D eigenvalue weighted by molar-refractivity contribution is 5.66. The summed E-state index contributed by atoms with van der Waals surface area (Å²) in [5.41, 5.74) is 0. The van der Waals surface area contributed by atoms with Crippen LogP contribution in [0.2, 0.25) is 0 Å². The summed E-state index contributed by atoms with van der Waals surface area (Å²) in [5.74, 6) is -0.675. The molecule has 2 heteroatoms. The number of carboxylic acids is 1. The van der Waals surface area contributed by atoms with Crippen molar-refractivity contribution in [2.24, 2.45) is 0 Å². The van der Waals surface area contributed by atoms with Crippen molar-refractivity contribution in [2.45, 2.75) is 71.1 Å². The second-order valence-corrected chi connectivity index (χ2v) is 3.97. The maximum Gasteiger partial charge on any atom is 0.303 e. The lowest BCUT2D eigenvalue weighted by molar-refractivity contribution is -0.137. The van der Waals surface area contributed by atoms with Crippen molar-refractivity contribution in [3.8, 4) is 0 Å². The second-order valence-electron chi connectivity index (χ2n) is 3.97. The zero-order chi connectivity index (χ0) is 10.6. The third kappa shape index (κ3) is 11.5. The first-order valence-corrected chi connectivity index (χ1v) is 5.99. The number of rotatable bonds is 5. The van der Waals surface area contributed by atoms with Crippen LogP contribution in [0.1, 0.15) is 71.1 Å². The van der Waals surface area contributed by atoms with Gasteiger partial charge in [0.2, 0.25) is 0 Å². The van der Waals surface area contributed by atoms with Crippen molar-refractivity contribution in [3.05, 3.63) is 0 Å². The minimum absolute atomic E-state index is 0.333. The van der Waals surface area contributed by atoms with Gasteiger partial charge in [0.25, 0.3) is 0 Å². The molecule has 1 saturated carbocycles. The Hall–Kier alpha value is -0.530. The molecule has 0 heterocycles. The maximum atomic E-state index is 9.96. The predicted molar refractivity (Wildman–Crippen MR) is 59.5 cm³/mol. The molecular weight excluding hydrogens is 176 g/mol. The van der Waals surface area contributed by atoms with E-state index in [2.05, 4.69) is 6.92 Å². The van der Waals surface area contributed by atoms with Gasteiger partial charge in [0.05, 0.1) is 0 Å². The zero-order valence-electron chi connectivity index (χ0n) is 9.43. The van der Waals surface area contributed by atoms with Gasteiger partial charge in [-0.25, -0.2) is 0 Å². The second kappa shape index (κ2) is 10.6. The van der Waals surface area contributed by atoms with Crippen LogP contribution in [0.3, 0.4) is 0 Å². The number of hydrogen-bond acceptors (Lipinski definition) is 1. The lowest BCUT2D eigenvalue weighted by Gasteiger charge is -1.92. The van der Waals surface area contributed by atoms with Crippen LogP contribution in [0.25, 0.3) is 0 Å². The van der Waals surface area contributed by atoms with Crippen molar-refractivity contribution >= 4 is 5.97 Å². The largest absolute Gasteiger partial charge is 0.481 e. The average molecular weight is 200 g/mol. The number of aliphatic carboxylic acids is 1. The Labute approximate surface area is 87.7 Å². The molecule has 0 bridgehead atoms. The first kappa shape index (κ1) is 13.5. The van der Waals surface area contributed by atoms with E-state index in [1.807, 2.05) is 0 Å².